The number of hydrogen-bond acceptors (Lipinski definition) is 6. The van der Waals surface area contributed by atoms with Crippen molar-refractivity contribution in [1.29, 1.82) is 0 Å². The van der Waals surface area contributed by atoms with E-state index in [0.29, 0.717) is 37.6 Å². The van der Waals surface area contributed by atoms with E-state index in [1.807, 2.05) is 4.90 Å². The van der Waals surface area contributed by atoms with Crippen LogP contribution in [-0.4, -0.2) is 59.9 Å². The van der Waals surface area contributed by atoms with Crippen LogP contribution in [-0.2, 0) is 34.0 Å². The Hall–Kier alpha value is -3.30. The molecule has 2 fully saturated rings. The van der Waals surface area contributed by atoms with E-state index < -0.39 is 48.4 Å². The van der Waals surface area contributed by atoms with Gasteiger partial charge < -0.3 is 15.0 Å². The van der Waals surface area contributed by atoms with Gasteiger partial charge in [0.1, 0.15) is 11.9 Å². The topological polar surface area (TPSA) is 91.0 Å². The van der Waals surface area contributed by atoms with Crippen molar-refractivity contribution < 1.29 is 33.1 Å². The number of rotatable bonds is 6. The molecule has 0 spiro atoms. The first-order valence-electron chi connectivity index (χ1n) is 14.4. The molecule has 3 amide bonds. The fourth-order valence-electron chi connectivity index (χ4n) is 4.17. The number of ether oxygens (including phenoxy) is 1. The van der Waals surface area contributed by atoms with Gasteiger partial charge in [-0.3, -0.25) is 24.6 Å². The van der Waals surface area contributed by atoms with E-state index in [1.54, 1.807) is 11.4 Å². The Balaban J connectivity index is 1.40. The zero-order valence-corrected chi connectivity index (χ0v) is 18.2. The van der Waals surface area contributed by atoms with Gasteiger partial charge in [-0.25, -0.2) is 4.39 Å². The van der Waals surface area contributed by atoms with Crippen LogP contribution in [0.1, 0.15) is 49.4 Å². The van der Waals surface area contributed by atoms with Crippen molar-refractivity contribution in [2.24, 2.45) is 0 Å². The zero-order chi connectivity index (χ0) is 29.9. The summed E-state index contributed by atoms with van der Waals surface area (Å²) in [5.74, 6) is -4.26. The number of anilines is 1. The Morgan fingerprint density at radius 3 is 2.88 bits per heavy atom. The molecule has 1 atom stereocenters. The molecular weight excluding hydrogens is 439 g/mol. The average Bonchev–Trinajstić information content (AvgIpc) is 3.26. The van der Waals surface area contributed by atoms with Crippen molar-refractivity contribution in [3.63, 3.8) is 0 Å². The molecule has 0 aromatic heterocycles. The smallest absolute Gasteiger partial charge is 0.255 e. The molecule has 3 aliphatic heterocycles. The number of fused-ring (bicyclic) bond motifs is 1. The number of halogens is 1. The SMILES string of the molecule is [2H]c1c([2H])c(CNc2cccc3c2CN([C@@H]2C(=O)NC(=O)C([2H])([2H])C2([2H])[2H])C3=O)c(F)c([2H])c1CN1CCOCC1. The monoisotopic (exact) mass is 473 g/mol. The lowest BCUT2D eigenvalue weighted by atomic mass is 10.0. The number of imide groups is 1. The van der Waals surface area contributed by atoms with E-state index in [4.69, 9.17) is 14.3 Å². The Bertz CT molecular complexity index is 1420. The molecule has 2 N–H and O–H groups in total. The van der Waals surface area contributed by atoms with Crippen LogP contribution in [0.2, 0.25) is 0 Å². The largest absolute Gasteiger partial charge is 0.381 e. The maximum atomic E-state index is 15.3. The summed E-state index contributed by atoms with van der Waals surface area (Å²) in [6, 6.07) is 1.48. The van der Waals surface area contributed by atoms with Crippen LogP contribution >= 0.6 is 0 Å². The van der Waals surface area contributed by atoms with Gasteiger partial charge in [-0.15, -0.1) is 0 Å². The summed E-state index contributed by atoms with van der Waals surface area (Å²) in [6.07, 6.45) is -6.11. The van der Waals surface area contributed by atoms with Gasteiger partial charge in [-0.1, -0.05) is 18.2 Å². The normalized spacial score (nSPS) is 26.9. The molecule has 5 rings (SSSR count). The van der Waals surface area contributed by atoms with Gasteiger partial charge in [0, 0.05) is 67.0 Å². The molecule has 2 aromatic carbocycles. The fraction of sp³-hybridized carbons (Fsp3) is 0.400. The summed E-state index contributed by atoms with van der Waals surface area (Å²) in [5.41, 5.74) is 0.638. The number of carbonyl (C=O) groups excluding carboxylic acids is 3. The highest BCUT2D eigenvalue weighted by molar-refractivity contribution is 6.06. The lowest BCUT2D eigenvalue weighted by Crippen LogP contribution is -2.52. The molecule has 3 heterocycles. The fourth-order valence-corrected chi connectivity index (χ4v) is 4.17. The third kappa shape index (κ3) is 4.53. The van der Waals surface area contributed by atoms with Crippen LogP contribution in [0.25, 0.3) is 0 Å². The van der Waals surface area contributed by atoms with Crippen molar-refractivity contribution in [1.82, 2.24) is 15.1 Å². The Kier molecular flexibility index (Phi) is 4.36. The molecule has 0 saturated carbocycles. The van der Waals surface area contributed by atoms with Gasteiger partial charge in [-0.05, 0) is 30.1 Å². The molecule has 0 unspecified atom stereocenters. The molecule has 9 heteroatoms. The lowest BCUT2D eigenvalue weighted by molar-refractivity contribution is -0.136. The first-order valence-corrected chi connectivity index (χ1v) is 10.9. The molecule has 3 aliphatic rings. The van der Waals surface area contributed by atoms with E-state index in [0.717, 1.165) is 4.90 Å². The van der Waals surface area contributed by atoms with Crippen LogP contribution < -0.4 is 10.6 Å². The number of benzene rings is 2. The van der Waals surface area contributed by atoms with Crippen LogP contribution in [0.5, 0.6) is 0 Å². The molecule has 0 aliphatic carbocycles. The number of carbonyl (C=O) groups is 3. The highest BCUT2D eigenvalue weighted by atomic mass is 19.1. The van der Waals surface area contributed by atoms with Gasteiger partial charge in [0.05, 0.1) is 17.3 Å². The molecular formula is C25H27FN4O4. The predicted molar refractivity (Wildman–Crippen MR) is 122 cm³/mol. The minimum Gasteiger partial charge on any atom is -0.381 e. The van der Waals surface area contributed by atoms with E-state index in [2.05, 4.69) is 5.32 Å². The highest BCUT2D eigenvalue weighted by Crippen LogP contribution is 2.32. The summed E-state index contributed by atoms with van der Waals surface area (Å²) in [4.78, 5) is 40.6. The molecule has 2 aromatic rings. The number of morpholine rings is 1. The molecule has 0 radical (unpaired) electrons. The summed E-state index contributed by atoms with van der Waals surface area (Å²) in [7, 11) is 0. The minimum absolute atomic E-state index is 0.103. The Morgan fingerprint density at radius 1 is 1.24 bits per heavy atom. The van der Waals surface area contributed by atoms with E-state index >= 15 is 4.39 Å². The first-order chi connectivity index (χ1) is 19.3. The number of hydrogen-bond donors (Lipinski definition) is 2. The van der Waals surface area contributed by atoms with Crippen molar-refractivity contribution in [3.8, 4) is 0 Å². The van der Waals surface area contributed by atoms with Crippen LogP contribution in [0, 0.1) is 5.82 Å². The van der Waals surface area contributed by atoms with E-state index in [1.165, 1.54) is 12.1 Å². The number of amides is 3. The summed E-state index contributed by atoms with van der Waals surface area (Å²) >= 11 is 0. The second-order valence-electron chi connectivity index (χ2n) is 8.14. The summed E-state index contributed by atoms with van der Waals surface area (Å²) in [5, 5.41) is 4.75. The van der Waals surface area contributed by atoms with Crippen molar-refractivity contribution >= 4 is 23.4 Å². The average molecular weight is 474 g/mol. The summed E-state index contributed by atoms with van der Waals surface area (Å²) < 4.78 is 78.1. The van der Waals surface area contributed by atoms with Gasteiger partial charge in [0.25, 0.3) is 5.91 Å². The molecule has 34 heavy (non-hydrogen) atoms. The lowest BCUT2D eigenvalue weighted by Gasteiger charge is -2.29. The number of nitrogens with zero attached hydrogens (tertiary/aromatic N) is 2. The van der Waals surface area contributed by atoms with Crippen LogP contribution in [0.4, 0.5) is 10.1 Å². The number of piperidine rings is 1. The van der Waals surface area contributed by atoms with Gasteiger partial charge in [0.15, 0.2) is 0 Å². The first kappa shape index (κ1) is 15.6. The van der Waals surface area contributed by atoms with Crippen LogP contribution in [0.15, 0.2) is 36.3 Å². The second-order valence-corrected chi connectivity index (χ2v) is 8.14. The summed E-state index contributed by atoms with van der Waals surface area (Å²) in [6.45, 7) is 1.65. The van der Waals surface area contributed by atoms with Crippen molar-refractivity contribution in [3.05, 3.63) is 64.4 Å². The Labute approximate surface area is 206 Å². The molecule has 178 valence electrons. The van der Waals surface area contributed by atoms with Gasteiger partial charge >= 0.3 is 0 Å². The zero-order valence-electron chi connectivity index (χ0n) is 25.2. The maximum absolute atomic E-state index is 15.3. The quantitative estimate of drug-likeness (QED) is 0.624. The third-order valence-corrected chi connectivity index (χ3v) is 5.95. The molecule has 8 nitrogen and oxygen atoms in total. The van der Waals surface area contributed by atoms with E-state index in [9.17, 15) is 14.4 Å². The minimum atomic E-state index is -3.08. The number of nitrogens with one attached hydrogen (secondary N) is 2. The predicted octanol–water partition coefficient (Wildman–Crippen LogP) is 2.03. The van der Waals surface area contributed by atoms with Gasteiger partial charge in [-0.2, -0.15) is 0 Å². The highest BCUT2D eigenvalue weighted by Gasteiger charge is 2.39. The maximum Gasteiger partial charge on any atom is 0.255 e. The van der Waals surface area contributed by atoms with Crippen molar-refractivity contribution in [2.75, 3.05) is 31.6 Å². The standard InChI is InChI=1S/C25H27FN4O4/c26-20-12-16(14-29-8-10-34-11-9-29)4-5-17(20)13-27-21-3-1-2-18-19(21)15-30(25(18)33)22-6-7-23(31)28-24(22)32/h1-5,12,22,27H,6-11,13-15H2,(H,28,31,32)/t22-/m0/s1/i4D,5D,6D2,7D2,12D. The van der Waals surface area contributed by atoms with Crippen LogP contribution in [0.3, 0.4) is 0 Å². The second kappa shape index (κ2) is 9.52. The molecule has 0 bridgehead atoms. The third-order valence-electron chi connectivity index (χ3n) is 5.95. The Morgan fingerprint density at radius 2 is 2.06 bits per heavy atom. The van der Waals surface area contributed by atoms with Crippen molar-refractivity contribution in [2.45, 2.75) is 38.4 Å². The van der Waals surface area contributed by atoms with E-state index in [-0.39, 0.29) is 48.4 Å². The molecule has 2 saturated heterocycles. The van der Waals surface area contributed by atoms with Gasteiger partial charge in [0.2, 0.25) is 11.8 Å².